The first-order valence-electron chi connectivity index (χ1n) is 13.7. The lowest BCUT2D eigenvalue weighted by atomic mass is 9.67. The van der Waals surface area contributed by atoms with Gasteiger partial charge in [-0.25, -0.2) is 4.98 Å². The minimum Gasteiger partial charge on any atom is -0.481 e. The fraction of sp³-hybridized carbons (Fsp3) is 0.452. The summed E-state index contributed by atoms with van der Waals surface area (Å²) < 4.78 is 18.3. The molecule has 2 aromatic rings. The molecule has 4 aliphatic rings. The number of aliphatic hydroxyl groups is 2. The lowest BCUT2D eigenvalue weighted by Crippen LogP contribution is -2.54. The zero-order valence-electron chi connectivity index (χ0n) is 22.4. The van der Waals surface area contributed by atoms with E-state index in [1.807, 2.05) is 24.3 Å². The number of aromatic nitrogens is 1. The number of pyridine rings is 1. The van der Waals surface area contributed by atoms with Crippen molar-refractivity contribution in [3.05, 3.63) is 77.0 Å². The molecule has 40 heavy (non-hydrogen) atoms. The second kappa shape index (κ2) is 10.3. The maximum atomic E-state index is 13.4. The Morgan fingerprint density at radius 3 is 2.55 bits per heavy atom. The van der Waals surface area contributed by atoms with Crippen LogP contribution < -0.4 is 9.47 Å². The van der Waals surface area contributed by atoms with Crippen LogP contribution >= 0.6 is 0 Å². The van der Waals surface area contributed by atoms with Gasteiger partial charge in [0.25, 0.3) is 0 Å². The number of morpholine rings is 1. The number of hydrogen-bond acceptors (Lipinski definition) is 9. The summed E-state index contributed by atoms with van der Waals surface area (Å²) in [4.78, 5) is 6.68. The number of allylic oxidation sites excluding steroid dienone is 4. The van der Waals surface area contributed by atoms with Crippen molar-refractivity contribution in [1.82, 2.24) is 9.88 Å². The highest BCUT2D eigenvalue weighted by atomic mass is 16.5. The smallest absolute Gasteiger partial charge is 0.224 e. The van der Waals surface area contributed by atoms with Crippen molar-refractivity contribution in [2.75, 3.05) is 46.6 Å². The molecule has 9 nitrogen and oxygen atoms in total. The van der Waals surface area contributed by atoms with Crippen LogP contribution in [0.25, 0.3) is 0 Å². The molecule has 206 valence electrons. The van der Waals surface area contributed by atoms with E-state index in [0.29, 0.717) is 61.7 Å². The van der Waals surface area contributed by atoms with Gasteiger partial charge >= 0.3 is 0 Å². The number of nitrogens with zero attached hydrogens (tertiary/aromatic N) is 4. The van der Waals surface area contributed by atoms with Gasteiger partial charge in [0.05, 0.1) is 37.5 Å². The van der Waals surface area contributed by atoms with Gasteiger partial charge in [-0.05, 0) is 36.0 Å². The van der Waals surface area contributed by atoms with Crippen LogP contribution in [0, 0.1) is 46.3 Å². The van der Waals surface area contributed by atoms with Gasteiger partial charge in [0.15, 0.2) is 5.60 Å². The fourth-order valence-corrected chi connectivity index (χ4v) is 7.54. The molecule has 1 aromatic heterocycles. The number of fused-ring (bicyclic) bond motifs is 3. The second-order valence-electron chi connectivity index (χ2n) is 10.9. The number of benzene rings is 1. The van der Waals surface area contributed by atoms with Crippen molar-refractivity contribution in [3.8, 4) is 23.8 Å². The van der Waals surface area contributed by atoms with E-state index in [-0.39, 0.29) is 35.9 Å². The van der Waals surface area contributed by atoms with Crippen molar-refractivity contribution >= 4 is 0 Å². The Hall–Kier alpha value is -3.73. The molecule has 6 atom stereocenters. The SMILES string of the molecule is COc1nc(C#N)cc2c1[C@]1(O)[C@@H](CN3CCOCC3)[C@H](CO)[C@@H](C3C=CC=CC3)[C@]1(c1ccc(C#N)cc1)O2. The average Bonchev–Trinajstić information content (AvgIpc) is 3.39. The van der Waals surface area contributed by atoms with E-state index in [1.165, 1.54) is 7.11 Å². The minimum absolute atomic E-state index is 0.0530. The van der Waals surface area contributed by atoms with Gasteiger partial charge in [0.1, 0.15) is 23.1 Å². The van der Waals surface area contributed by atoms with E-state index in [4.69, 9.17) is 14.2 Å². The molecule has 0 spiro atoms. The van der Waals surface area contributed by atoms with E-state index < -0.39 is 17.1 Å². The Morgan fingerprint density at radius 2 is 1.93 bits per heavy atom. The molecule has 1 aromatic carbocycles. The molecule has 1 unspecified atom stereocenters. The van der Waals surface area contributed by atoms with Crippen LogP contribution in [-0.4, -0.2) is 66.7 Å². The van der Waals surface area contributed by atoms with Gasteiger partial charge in [-0.3, -0.25) is 4.90 Å². The summed E-state index contributed by atoms with van der Waals surface area (Å²) in [6.07, 6.45) is 8.94. The van der Waals surface area contributed by atoms with Crippen molar-refractivity contribution in [2.24, 2.45) is 23.7 Å². The van der Waals surface area contributed by atoms with E-state index in [9.17, 15) is 20.7 Å². The first-order valence-corrected chi connectivity index (χ1v) is 13.7. The van der Waals surface area contributed by atoms with Crippen LogP contribution in [0.15, 0.2) is 54.6 Å². The Kier molecular flexibility index (Phi) is 6.85. The van der Waals surface area contributed by atoms with Gasteiger partial charge in [-0.1, -0.05) is 36.4 Å². The molecule has 0 amide bonds. The highest BCUT2D eigenvalue weighted by molar-refractivity contribution is 5.58. The maximum Gasteiger partial charge on any atom is 0.224 e. The van der Waals surface area contributed by atoms with Gasteiger partial charge in [-0.2, -0.15) is 10.5 Å². The summed E-state index contributed by atoms with van der Waals surface area (Å²) >= 11 is 0. The number of aliphatic hydroxyl groups excluding tert-OH is 1. The normalized spacial score (nSPS) is 32.5. The van der Waals surface area contributed by atoms with Crippen molar-refractivity contribution in [3.63, 3.8) is 0 Å². The third-order valence-corrected chi connectivity index (χ3v) is 9.15. The topological polar surface area (TPSA) is 132 Å². The van der Waals surface area contributed by atoms with Crippen LogP contribution in [0.4, 0.5) is 0 Å². The van der Waals surface area contributed by atoms with E-state index in [2.05, 4.69) is 34.2 Å². The molecular weight excluding hydrogens is 508 g/mol. The molecule has 3 heterocycles. The summed E-state index contributed by atoms with van der Waals surface area (Å²) in [6.45, 7) is 2.96. The minimum atomic E-state index is -1.67. The summed E-state index contributed by atoms with van der Waals surface area (Å²) in [5.41, 5.74) is -1.32. The molecule has 2 N–H and O–H groups in total. The summed E-state index contributed by atoms with van der Waals surface area (Å²) in [6, 6.07) is 12.9. The van der Waals surface area contributed by atoms with E-state index in [1.54, 1.807) is 18.2 Å². The lowest BCUT2D eigenvalue weighted by Gasteiger charge is -2.44. The molecule has 0 radical (unpaired) electrons. The molecule has 1 saturated carbocycles. The fourth-order valence-electron chi connectivity index (χ4n) is 7.54. The first-order chi connectivity index (χ1) is 19.5. The van der Waals surface area contributed by atoms with E-state index >= 15 is 0 Å². The molecule has 0 bridgehead atoms. The predicted molar refractivity (Wildman–Crippen MR) is 144 cm³/mol. The quantitative estimate of drug-likeness (QED) is 0.567. The largest absolute Gasteiger partial charge is 0.481 e. The average molecular weight is 541 g/mol. The molecule has 2 fully saturated rings. The van der Waals surface area contributed by atoms with E-state index in [0.717, 1.165) is 0 Å². The molecule has 2 aliphatic heterocycles. The van der Waals surface area contributed by atoms with Gasteiger partial charge in [-0.15, -0.1) is 0 Å². The Morgan fingerprint density at radius 1 is 1.15 bits per heavy atom. The standard InChI is InChI=1S/C31H32N4O5/c1-38-29-28-26(15-23(17-33)34-29)40-31(22-9-7-20(16-32)8-10-22)27(21-5-3-2-4-6-21)24(19-36)25(30(28,31)37)18-35-11-13-39-14-12-35/h2-5,7-10,15,21,24-25,27,36-37H,6,11-14,18-19H2,1H3/t21?,24-,25-,27+,30+,31-/m0/s1. The van der Waals surface area contributed by atoms with Gasteiger partial charge < -0.3 is 24.4 Å². The maximum absolute atomic E-state index is 13.4. The van der Waals surface area contributed by atoms with Crippen LogP contribution in [0.3, 0.4) is 0 Å². The monoisotopic (exact) mass is 540 g/mol. The van der Waals surface area contributed by atoms with Crippen LogP contribution in [-0.2, 0) is 15.9 Å². The van der Waals surface area contributed by atoms with Gasteiger partial charge in [0.2, 0.25) is 5.88 Å². The highest BCUT2D eigenvalue weighted by Gasteiger charge is 2.77. The molecule has 9 heteroatoms. The Balaban J connectivity index is 1.64. The highest BCUT2D eigenvalue weighted by Crippen LogP contribution is 2.71. The van der Waals surface area contributed by atoms with Crippen molar-refractivity contribution in [1.29, 1.82) is 10.5 Å². The number of rotatable bonds is 6. The van der Waals surface area contributed by atoms with Crippen LogP contribution in [0.1, 0.15) is 28.8 Å². The number of nitriles is 2. The molecule has 2 aliphatic carbocycles. The zero-order chi connectivity index (χ0) is 27.9. The first kappa shape index (κ1) is 26.5. The number of methoxy groups -OCH3 is 1. The summed E-state index contributed by atoms with van der Waals surface area (Å²) in [5.74, 6) is -0.749. The number of ether oxygens (including phenoxy) is 3. The Bertz CT molecular complexity index is 1420. The van der Waals surface area contributed by atoms with Crippen LogP contribution in [0.5, 0.6) is 11.6 Å². The summed E-state index contributed by atoms with van der Waals surface area (Å²) in [7, 11) is 1.47. The second-order valence-corrected chi connectivity index (χ2v) is 10.9. The lowest BCUT2D eigenvalue weighted by molar-refractivity contribution is -0.147. The third kappa shape index (κ3) is 3.77. The zero-order valence-corrected chi connectivity index (χ0v) is 22.4. The van der Waals surface area contributed by atoms with Crippen LogP contribution in [0.2, 0.25) is 0 Å². The predicted octanol–water partition coefficient (Wildman–Crippen LogP) is 2.63. The number of hydrogen-bond donors (Lipinski definition) is 2. The van der Waals surface area contributed by atoms with Crippen molar-refractivity contribution < 1.29 is 24.4 Å². The summed E-state index contributed by atoms with van der Waals surface area (Å²) in [5, 5.41) is 43.7. The molecular formula is C31H32N4O5. The Labute approximate surface area is 233 Å². The third-order valence-electron chi connectivity index (χ3n) is 9.15. The van der Waals surface area contributed by atoms with Gasteiger partial charge in [0, 0.05) is 44.1 Å². The molecule has 1 saturated heterocycles. The molecule has 6 rings (SSSR count). The van der Waals surface area contributed by atoms with Crippen molar-refractivity contribution in [2.45, 2.75) is 17.6 Å².